The van der Waals surface area contributed by atoms with Crippen LogP contribution in [0.3, 0.4) is 0 Å². The number of carbonyl (C=O) groups excluding carboxylic acids is 1. The molecule has 1 rings (SSSR count). The monoisotopic (exact) mass is 258 g/mol. The Morgan fingerprint density at radius 2 is 1.94 bits per heavy atom. The average molecular weight is 259 g/mol. The number of unbranched alkanes of at least 4 members (excludes halogenated alkanes) is 2. The molecule has 88 valence electrons. The molecule has 0 atom stereocenters. The van der Waals surface area contributed by atoms with Crippen LogP contribution in [0.4, 0.5) is 0 Å². The first kappa shape index (κ1) is 13.5. The van der Waals surface area contributed by atoms with Crippen LogP contribution in [0.2, 0.25) is 10.0 Å². The van der Waals surface area contributed by atoms with E-state index in [9.17, 15) is 4.79 Å². The summed E-state index contributed by atoms with van der Waals surface area (Å²) in [6, 6.07) is 5.35. The SMILES string of the molecule is CCCCCC(=O)Cc1ccc(Cl)c(Cl)c1. The van der Waals surface area contributed by atoms with Crippen molar-refractivity contribution in [2.45, 2.75) is 39.0 Å². The van der Waals surface area contributed by atoms with Gasteiger partial charge in [-0.1, -0.05) is 49.0 Å². The molecule has 0 heterocycles. The van der Waals surface area contributed by atoms with Gasteiger partial charge in [0.05, 0.1) is 10.0 Å². The van der Waals surface area contributed by atoms with Crippen LogP contribution in [-0.4, -0.2) is 5.78 Å². The smallest absolute Gasteiger partial charge is 0.137 e. The fourth-order valence-corrected chi connectivity index (χ4v) is 1.86. The fourth-order valence-electron chi connectivity index (χ4n) is 1.54. The molecule has 0 radical (unpaired) electrons. The molecule has 0 aromatic heterocycles. The lowest BCUT2D eigenvalue weighted by molar-refractivity contribution is -0.118. The standard InChI is InChI=1S/C13H16Cl2O/c1-2-3-4-5-11(16)8-10-6-7-12(14)13(15)9-10/h6-7,9H,2-5,8H2,1H3. The maximum absolute atomic E-state index is 11.6. The summed E-state index contributed by atoms with van der Waals surface area (Å²) in [4.78, 5) is 11.6. The van der Waals surface area contributed by atoms with Gasteiger partial charge in [-0.25, -0.2) is 0 Å². The first-order chi connectivity index (χ1) is 7.63. The zero-order valence-electron chi connectivity index (χ0n) is 9.43. The van der Waals surface area contributed by atoms with Crippen LogP contribution in [0.1, 0.15) is 38.2 Å². The lowest BCUT2D eigenvalue weighted by Gasteiger charge is -2.03. The van der Waals surface area contributed by atoms with Gasteiger partial charge in [0.15, 0.2) is 0 Å². The van der Waals surface area contributed by atoms with E-state index in [1.165, 1.54) is 0 Å². The van der Waals surface area contributed by atoms with Gasteiger partial charge in [-0.3, -0.25) is 4.79 Å². The third-order valence-electron chi connectivity index (χ3n) is 2.44. The van der Waals surface area contributed by atoms with Gasteiger partial charge < -0.3 is 0 Å². The molecule has 0 bridgehead atoms. The number of hydrogen-bond acceptors (Lipinski definition) is 1. The highest BCUT2D eigenvalue weighted by Crippen LogP contribution is 2.23. The van der Waals surface area contributed by atoms with E-state index in [0.29, 0.717) is 22.9 Å². The van der Waals surface area contributed by atoms with Crippen LogP contribution in [0.25, 0.3) is 0 Å². The van der Waals surface area contributed by atoms with Gasteiger partial charge in [0, 0.05) is 12.8 Å². The zero-order valence-corrected chi connectivity index (χ0v) is 10.9. The molecule has 0 saturated carbocycles. The number of benzene rings is 1. The number of carbonyl (C=O) groups is 1. The molecule has 0 unspecified atom stereocenters. The Morgan fingerprint density at radius 3 is 2.56 bits per heavy atom. The summed E-state index contributed by atoms with van der Waals surface area (Å²) in [6.07, 6.45) is 4.36. The van der Waals surface area contributed by atoms with Gasteiger partial charge in [-0.05, 0) is 24.1 Å². The van der Waals surface area contributed by atoms with Crippen molar-refractivity contribution in [2.24, 2.45) is 0 Å². The van der Waals surface area contributed by atoms with Crippen molar-refractivity contribution in [3.05, 3.63) is 33.8 Å². The first-order valence-corrected chi connectivity index (χ1v) is 6.34. The van der Waals surface area contributed by atoms with Crippen molar-refractivity contribution < 1.29 is 4.79 Å². The predicted molar refractivity (Wildman–Crippen MR) is 69.3 cm³/mol. The second-order valence-corrected chi connectivity index (χ2v) is 4.74. The lowest BCUT2D eigenvalue weighted by atomic mass is 10.0. The van der Waals surface area contributed by atoms with Gasteiger partial charge >= 0.3 is 0 Å². The van der Waals surface area contributed by atoms with E-state index in [1.54, 1.807) is 12.1 Å². The molecule has 0 fully saturated rings. The van der Waals surface area contributed by atoms with Crippen LogP contribution in [0.5, 0.6) is 0 Å². The van der Waals surface area contributed by atoms with E-state index in [1.807, 2.05) is 6.07 Å². The summed E-state index contributed by atoms with van der Waals surface area (Å²) in [7, 11) is 0. The van der Waals surface area contributed by atoms with E-state index in [-0.39, 0.29) is 5.78 Å². The molecule has 0 amide bonds. The molecule has 0 aliphatic rings. The minimum atomic E-state index is 0.270. The molecule has 3 heteroatoms. The molecule has 1 aromatic carbocycles. The number of Topliss-reactive ketones (excluding diaryl/α,β-unsaturated/α-hetero) is 1. The summed E-state index contributed by atoms with van der Waals surface area (Å²) >= 11 is 11.7. The van der Waals surface area contributed by atoms with Crippen molar-refractivity contribution in [3.8, 4) is 0 Å². The van der Waals surface area contributed by atoms with E-state index in [2.05, 4.69) is 6.92 Å². The first-order valence-electron chi connectivity index (χ1n) is 5.59. The minimum Gasteiger partial charge on any atom is -0.299 e. The molecule has 1 aromatic rings. The van der Waals surface area contributed by atoms with Crippen molar-refractivity contribution in [1.29, 1.82) is 0 Å². The second kappa shape index (κ2) is 6.93. The molecule has 0 aliphatic heterocycles. The Morgan fingerprint density at radius 1 is 1.19 bits per heavy atom. The summed E-state index contributed by atoms with van der Waals surface area (Å²) in [5.41, 5.74) is 0.941. The van der Waals surface area contributed by atoms with Gasteiger partial charge in [-0.2, -0.15) is 0 Å². The molecule has 0 spiro atoms. The third-order valence-corrected chi connectivity index (χ3v) is 3.18. The molecule has 0 aliphatic carbocycles. The van der Waals surface area contributed by atoms with Gasteiger partial charge in [0.25, 0.3) is 0 Å². The van der Waals surface area contributed by atoms with Crippen LogP contribution in [0.15, 0.2) is 18.2 Å². The summed E-state index contributed by atoms with van der Waals surface area (Å²) in [5.74, 6) is 0.270. The van der Waals surface area contributed by atoms with Crippen LogP contribution in [0, 0.1) is 0 Å². The van der Waals surface area contributed by atoms with Crippen molar-refractivity contribution in [2.75, 3.05) is 0 Å². The van der Waals surface area contributed by atoms with E-state index in [0.717, 1.165) is 24.8 Å². The number of ketones is 1. The molecule has 0 saturated heterocycles. The van der Waals surface area contributed by atoms with Crippen LogP contribution in [-0.2, 0) is 11.2 Å². The summed E-state index contributed by atoms with van der Waals surface area (Å²) in [6.45, 7) is 2.13. The fraction of sp³-hybridized carbons (Fsp3) is 0.462. The second-order valence-electron chi connectivity index (χ2n) is 3.92. The highest BCUT2D eigenvalue weighted by Gasteiger charge is 2.05. The van der Waals surface area contributed by atoms with E-state index < -0.39 is 0 Å². The molecule has 0 N–H and O–H groups in total. The minimum absolute atomic E-state index is 0.270. The largest absolute Gasteiger partial charge is 0.299 e. The topological polar surface area (TPSA) is 17.1 Å². The molecule has 16 heavy (non-hydrogen) atoms. The molecular weight excluding hydrogens is 243 g/mol. The summed E-state index contributed by atoms with van der Waals surface area (Å²) < 4.78 is 0. The highest BCUT2D eigenvalue weighted by atomic mass is 35.5. The van der Waals surface area contributed by atoms with E-state index >= 15 is 0 Å². The van der Waals surface area contributed by atoms with Crippen molar-refractivity contribution >= 4 is 29.0 Å². The Bertz CT molecular complexity index is 361. The third kappa shape index (κ3) is 4.54. The van der Waals surface area contributed by atoms with Crippen molar-refractivity contribution in [1.82, 2.24) is 0 Å². The van der Waals surface area contributed by atoms with Crippen LogP contribution < -0.4 is 0 Å². The number of rotatable bonds is 6. The lowest BCUT2D eigenvalue weighted by Crippen LogP contribution is -2.02. The molecular formula is C13H16Cl2O. The Hall–Kier alpha value is -0.530. The Balaban J connectivity index is 2.46. The van der Waals surface area contributed by atoms with Gasteiger partial charge in [0.2, 0.25) is 0 Å². The predicted octanol–water partition coefficient (Wildman–Crippen LogP) is 4.69. The van der Waals surface area contributed by atoms with Gasteiger partial charge in [0.1, 0.15) is 5.78 Å². The maximum atomic E-state index is 11.6. The average Bonchev–Trinajstić information content (AvgIpc) is 2.24. The van der Waals surface area contributed by atoms with E-state index in [4.69, 9.17) is 23.2 Å². The zero-order chi connectivity index (χ0) is 12.0. The Kier molecular flexibility index (Phi) is 5.86. The quantitative estimate of drug-likeness (QED) is 0.677. The Labute approximate surface area is 107 Å². The molecule has 1 nitrogen and oxygen atoms in total. The highest BCUT2D eigenvalue weighted by molar-refractivity contribution is 6.42. The maximum Gasteiger partial charge on any atom is 0.137 e. The van der Waals surface area contributed by atoms with Crippen molar-refractivity contribution in [3.63, 3.8) is 0 Å². The summed E-state index contributed by atoms with van der Waals surface area (Å²) in [5, 5.41) is 1.05. The van der Waals surface area contributed by atoms with Gasteiger partial charge in [-0.15, -0.1) is 0 Å². The normalized spacial score (nSPS) is 10.4. The number of halogens is 2. The number of hydrogen-bond donors (Lipinski definition) is 0. The van der Waals surface area contributed by atoms with Crippen LogP contribution >= 0.6 is 23.2 Å².